The van der Waals surface area contributed by atoms with Crippen molar-refractivity contribution in [1.29, 1.82) is 0 Å². The second-order valence-electron chi connectivity index (χ2n) is 2.85. The van der Waals surface area contributed by atoms with Crippen molar-refractivity contribution in [2.24, 2.45) is 11.5 Å². The van der Waals surface area contributed by atoms with Crippen LogP contribution in [0.1, 0.15) is 17.2 Å². The molecule has 0 bridgehead atoms. The molecule has 4 N–H and O–H groups in total. The molecule has 2 nitrogen and oxygen atoms in total. The van der Waals surface area contributed by atoms with Gasteiger partial charge in [-0.3, -0.25) is 0 Å². The quantitative estimate of drug-likeness (QED) is 0.802. The Hall–Kier alpha value is -0.280. The molecular weight excluding hydrogens is 207 g/mol. The molecule has 0 aromatic heterocycles. The van der Waals surface area contributed by atoms with Crippen molar-refractivity contribution >= 4 is 24.0 Å². The lowest BCUT2D eigenvalue weighted by atomic mass is 10.1. The highest BCUT2D eigenvalue weighted by Gasteiger charge is 2.04. The van der Waals surface area contributed by atoms with Crippen LogP contribution in [0.25, 0.3) is 0 Å². The lowest BCUT2D eigenvalue weighted by molar-refractivity contribution is 0.737. The number of hydrogen-bond donors (Lipinski definition) is 2. The van der Waals surface area contributed by atoms with Crippen molar-refractivity contribution in [2.45, 2.75) is 13.0 Å². The largest absolute Gasteiger partial charge is 0.329 e. The van der Waals surface area contributed by atoms with Gasteiger partial charge in [-0.15, -0.1) is 12.4 Å². The van der Waals surface area contributed by atoms with Gasteiger partial charge in [0.2, 0.25) is 0 Å². The predicted octanol–water partition coefficient (Wildman–Crippen LogP) is 2.03. The Morgan fingerprint density at radius 2 is 2.08 bits per heavy atom. The summed E-state index contributed by atoms with van der Waals surface area (Å²) < 4.78 is 0. The first-order chi connectivity index (χ1) is 5.65. The molecule has 74 valence electrons. The van der Waals surface area contributed by atoms with Gasteiger partial charge in [-0.2, -0.15) is 0 Å². The highest BCUT2D eigenvalue weighted by Crippen LogP contribution is 2.19. The minimum atomic E-state index is -0.108. The van der Waals surface area contributed by atoms with E-state index in [1.807, 2.05) is 25.1 Å². The number of benzene rings is 1. The van der Waals surface area contributed by atoms with Gasteiger partial charge in [-0.05, 0) is 24.1 Å². The average molecular weight is 221 g/mol. The Balaban J connectivity index is 0.00000144. The van der Waals surface area contributed by atoms with E-state index in [1.54, 1.807) is 0 Å². The smallest absolute Gasteiger partial charge is 0.0438 e. The number of rotatable bonds is 2. The Morgan fingerprint density at radius 1 is 1.46 bits per heavy atom. The molecule has 0 aliphatic heterocycles. The van der Waals surface area contributed by atoms with Crippen LogP contribution in [0.4, 0.5) is 0 Å². The van der Waals surface area contributed by atoms with Crippen LogP contribution in [0.5, 0.6) is 0 Å². The van der Waals surface area contributed by atoms with Gasteiger partial charge in [-0.1, -0.05) is 23.7 Å². The third kappa shape index (κ3) is 3.16. The molecule has 0 radical (unpaired) electrons. The van der Waals surface area contributed by atoms with Crippen LogP contribution in [0.2, 0.25) is 5.02 Å². The molecule has 0 aliphatic rings. The summed E-state index contributed by atoms with van der Waals surface area (Å²) in [6.07, 6.45) is 0. The molecule has 0 amide bonds. The molecule has 0 heterocycles. The van der Waals surface area contributed by atoms with Crippen molar-refractivity contribution in [3.8, 4) is 0 Å². The summed E-state index contributed by atoms with van der Waals surface area (Å²) in [6.45, 7) is 2.40. The molecule has 1 aromatic carbocycles. The molecule has 0 unspecified atom stereocenters. The van der Waals surface area contributed by atoms with Crippen LogP contribution >= 0.6 is 24.0 Å². The minimum absolute atomic E-state index is 0. The van der Waals surface area contributed by atoms with E-state index < -0.39 is 0 Å². The molecule has 0 saturated heterocycles. The standard InChI is InChI=1S/C9H13ClN2.ClH/c1-6-2-3-7(4-8(6)10)9(12)5-11;/h2-4,9H,5,11-12H2,1H3;1H/t9-;/m1./s1. The van der Waals surface area contributed by atoms with Gasteiger partial charge in [0.1, 0.15) is 0 Å². The van der Waals surface area contributed by atoms with E-state index in [4.69, 9.17) is 23.1 Å². The third-order valence-corrected chi connectivity index (χ3v) is 2.29. The molecule has 1 aromatic rings. The van der Waals surface area contributed by atoms with Crippen LogP contribution in [0, 0.1) is 6.92 Å². The molecule has 1 rings (SSSR count). The van der Waals surface area contributed by atoms with Crippen LogP contribution in [0.3, 0.4) is 0 Å². The van der Waals surface area contributed by atoms with Gasteiger partial charge in [0.05, 0.1) is 0 Å². The molecule has 1 atom stereocenters. The third-order valence-electron chi connectivity index (χ3n) is 1.88. The zero-order valence-electron chi connectivity index (χ0n) is 7.46. The van der Waals surface area contributed by atoms with Crippen LogP contribution < -0.4 is 11.5 Å². The van der Waals surface area contributed by atoms with E-state index in [0.29, 0.717) is 6.54 Å². The van der Waals surface area contributed by atoms with E-state index in [0.717, 1.165) is 16.1 Å². The van der Waals surface area contributed by atoms with E-state index in [1.165, 1.54) is 0 Å². The highest BCUT2D eigenvalue weighted by atomic mass is 35.5. The molecule has 4 heteroatoms. The first-order valence-corrected chi connectivity index (χ1v) is 4.24. The molecule has 0 spiro atoms. The first kappa shape index (κ1) is 12.7. The van der Waals surface area contributed by atoms with Gasteiger partial charge in [0.25, 0.3) is 0 Å². The Bertz CT molecular complexity index is 276. The van der Waals surface area contributed by atoms with Crippen LogP contribution in [0.15, 0.2) is 18.2 Å². The Morgan fingerprint density at radius 3 is 2.54 bits per heavy atom. The topological polar surface area (TPSA) is 52.0 Å². The van der Waals surface area contributed by atoms with E-state index >= 15 is 0 Å². The van der Waals surface area contributed by atoms with Crippen molar-refractivity contribution in [2.75, 3.05) is 6.54 Å². The van der Waals surface area contributed by atoms with Crippen LogP contribution in [-0.4, -0.2) is 6.54 Å². The maximum absolute atomic E-state index is 5.92. The summed E-state index contributed by atoms with van der Waals surface area (Å²) in [5, 5.41) is 0.747. The zero-order chi connectivity index (χ0) is 9.14. The van der Waals surface area contributed by atoms with E-state index in [9.17, 15) is 0 Å². The molecule has 0 aliphatic carbocycles. The summed E-state index contributed by atoms with van der Waals surface area (Å²) in [5.74, 6) is 0. The number of aryl methyl sites for hydroxylation is 1. The van der Waals surface area contributed by atoms with Gasteiger partial charge < -0.3 is 11.5 Å². The number of nitrogens with two attached hydrogens (primary N) is 2. The fourth-order valence-corrected chi connectivity index (χ4v) is 1.16. The summed E-state index contributed by atoms with van der Waals surface area (Å²) in [7, 11) is 0. The molecule has 13 heavy (non-hydrogen) atoms. The minimum Gasteiger partial charge on any atom is -0.329 e. The summed E-state index contributed by atoms with van der Waals surface area (Å²) in [4.78, 5) is 0. The van der Waals surface area contributed by atoms with Gasteiger partial charge in [0, 0.05) is 17.6 Å². The number of halogens is 2. The van der Waals surface area contributed by atoms with Gasteiger partial charge >= 0.3 is 0 Å². The number of hydrogen-bond acceptors (Lipinski definition) is 2. The molecule has 0 saturated carbocycles. The monoisotopic (exact) mass is 220 g/mol. The van der Waals surface area contributed by atoms with Crippen molar-refractivity contribution in [1.82, 2.24) is 0 Å². The molecular formula is C9H14Cl2N2. The highest BCUT2D eigenvalue weighted by molar-refractivity contribution is 6.31. The average Bonchev–Trinajstić information content (AvgIpc) is 2.08. The first-order valence-electron chi connectivity index (χ1n) is 3.87. The van der Waals surface area contributed by atoms with Crippen molar-refractivity contribution in [3.63, 3.8) is 0 Å². The maximum atomic E-state index is 5.92. The SMILES string of the molecule is Cc1ccc([C@H](N)CN)cc1Cl.Cl. The predicted molar refractivity (Wildman–Crippen MR) is 59.4 cm³/mol. The van der Waals surface area contributed by atoms with Gasteiger partial charge in [-0.25, -0.2) is 0 Å². The summed E-state index contributed by atoms with van der Waals surface area (Å²) in [6, 6.07) is 5.67. The Labute approximate surface area is 89.7 Å². The van der Waals surface area contributed by atoms with E-state index in [-0.39, 0.29) is 18.4 Å². The zero-order valence-corrected chi connectivity index (χ0v) is 9.03. The lowest BCUT2D eigenvalue weighted by Gasteiger charge is -2.09. The summed E-state index contributed by atoms with van der Waals surface area (Å²) >= 11 is 5.92. The maximum Gasteiger partial charge on any atom is 0.0438 e. The summed E-state index contributed by atoms with van der Waals surface area (Å²) in [5.41, 5.74) is 13.2. The fraction of sp³-hybridized carbons (Fsp3) is 0.333. The fourth-order valence-electron chi connectivity index (χ4n) is 0.976. The van der Waals surface area contributed by atoms with Crippen LogP contribution in [-0.2, 0) is 0 Å². The van der Waals surface area contributed by atoms with Crippen molar-refractivity contribution in [3.05, 3.63) is 34.3 Å². The Kier molecular flexibility index (Phi) is 5.33. The second kappa shape index (κ2) is 5.45. The van der Waals surface area contributed by atoms with Gasteiger partial charge in [0.15, 0.2) is 0 Å². The van der Waals surface area contributed by atoms with E-state index in [2.05, 4.69) is 0 Å². The van der Waals surface area contributed by atoms with Crippen molar-refractivity contribution < 1.29 is 0 Å². The second-order valence-corrected chi connectivity index (χ2v) is 3.26. The lowest BCUT2D eigenvalue weighted by Crippen LogP contribution is -2.20. The normalized spacial score (nSPS) is 12.0. The molecule has 0 fully saturated rings.